The predicted octanol–water partition coefficient (Wildman–Crippen LogP) is 2.18. The third kappa shape index (κ3) is 3.84. The van der Waals surface area contributed by atoms with Crippen molar-refractivity contribution in [3.05, 3.63) is 36.2 Å². The maximum atomic E-state index is 11.7. The number of aromatic nitrogens is 3. The molecule has 7 heteroatoms. The molecule has 1 fully saturated rings. The Morgan fingerprint density at radius 2 is 2.12 bits per heavy atom. The molecule has 3 heterocycles. The SMILES string of the molecule is CCn1nccc1-c1ccc(C[C@@H]2CCCN(S(C)(=O)=O)C2)cn1. The molecule has 2 aromatic heterocycles. The Morgan fingerprint density at radius 3 is 2.79 bits per heavy atom. The number of piperidine rings is 1. The second kappa shape index (κ2) is 7.03. The van der Waals surface area contributed by atoms with Gasteiger partial charge in [-0.25, -0.2) is 12.7 Å². The normalized spacial score (nSPS) is 19.5. The van der Waals surface area contributed by atoms with Crippen LogP contribution >= 0.6 is 0 Å². The van der Waals surface area contributed by atoms with Crippen LogP contribution in [0.5, 0.6) is 0 Å². The first-order chi connectivity index (χ1) is 11.5. The van der Waals surface area contributed by atoms with E-state index < -0.39 is 10.0 Å². The van der Waals surface area contributed by atoms with Gasteiger partial charge in [-0.05, 0) is 49.8 Å². The minimum absolute atomic E-state index is 0.363. The van der Waals surface area contributed by atoms with Gasteiger partial charge in [0.25, 0.3) is 0 Å². The van der Waals surface area contributed by atoms with Crippen LogP contribution in [-0.4, -0.2) is 46.8 Å². The second-order valence-corrected chi connectivity index (χ2v) is 8.40. The van der Waals surface area contributed by atoms with Gasteiger partial charge in [0.15, 0.2) is 0 Å². The maximum Gasteiger partial charge on any atom is 0.211 e. The van der Waals surface area contributed by atoms with Gasteiger partial charge in [0.2, 0.25) is 10.0 Å². The highest BCUT2D eigenvalue weighted by atomic mass is 32.2. The molecule has 0 unspecified atom stereocenters. The molecule has 6 nitrogen and oxygen atoms in total. The van der Waals surface area contributed by atoms with E-state index in [0.29, 0.717) is 19.0 Å². The molecular formula is C17H24N4O2S. The van der Waals surface area contributed by atoms with Crippen molar-refractivity contribution < 1.29 is 8.42 Å². The number of sulfonamides is 1. The molecule has 0 bridgehead atoms. The molecule has 1 aliphatic rings. The van der Waals surface area contributed by atoms with Crippen molar-refractivity contribution >= 4 is 10.0 Å². The lowest BCUT2D eigenvalue weighted by Crippen LogP contribution is -2.39. The highest BCUT2D eigenvalue weighted by Gasteiger charge is 2.25. The molecule has 1 atom stereocenters. The smallest absolute Gasteiger partial charge is 0.211 e. The Morgan fingerprint density at radius 1 is 1.29 bits per heavy atom. The fourth-order valence-electron chi connectivity index (χ4n) is 3.33. The highest BCUT2D eigenvalue weighted by molar-refractivity contribution is 7.88. The van der Waals surface area contributed by atoms with Crippen LogP contribution in [0.3, 0.4) is 0 Å². The molecule has 0 spiro atoms. The number of hydrogen-bond acceptors (Lipinski definition) is 4. The molecule has 0 aromatic carbocycles. The summed E-state index contributed by atoms with van der Waals surface area (Å²) in [6.45, 7) is 4.13. The van der Waals surface area contributed by atoms with E-state index in [-0.39, 0.29) is 0 Å². The minimum Gasteiger partial charge on any atom is -0.264 e. The van der Waals surface area contributed by atoms with Gasteiger partial charge in [0, 0.05) is 32.0 Å². The van der Waals surface area contributed by atoms with E-state index in [9.17, 15) is 8.42 Å². The van der Waals surface area contributed by atoms with Crippen LogP contribution in [0, 0.1) is 5.92 Å². The summed E-state index contributed by atoms with van der Waals surface area (Å²) < 4.78 is 27.0. The van der Waals surface area contributed by atoms with Crippen molar-refractivity contribution in [1.82, 2.24) is 19.1 Å². The fraction of sp³-hybridized carbons (Fsp3) is 0.529. The van der Waals surface area contributed by atoms with E-state index in [4.69, 9.17) is 0 Å². The molecule has 0 N–H and O–H groups in total. The molecule has 0 radical (unpaired) electrons. The van der Waals surface area contributed by atoms with Crippen molar-refractivity contribution in [3.8, 4) is 11.4 Å². The molecular weight excluding hydrogens is 324 g/mol. The van der Waals surface area contributed by atoms with Gasteiger partial charge in [-0.2, -0.15) is 5.10 Å². The van der Waals surface area contributed by atoms with Crippen molar-refractivity contribution in [2.24, 2.45) is 5.92 Å². The summed E-state index contributed by atoms with van der Waals surface area (Å²) in [5.74, 6) is 0.363. The zero-order valence-corrected chi connectivity index (χ0v) is 15.0. The molecule has 1 saturated heterocycles. The molecule has 0 amide bonds. The van der Waals surface area contributed by atoms with Gasteiger partial charge >= 0.3 is 0 Å². The van der Waals surface area contributed by atoms with Gasteiger partial charge in [0.1, 0.15) is 0 Å². The summed E-state index contributed by atoms with van der Waals surface area (Å²) in [6.07, 6.45) is 7.85. The Hall–Kier alpha value is -1.73. The largest absolute Gasteiger partial charge is 0.264 e. The third-order valence-corrected chi connectivity index (χ3v) is 5.85. The van der Waals surface area contributed by atoms with Crippen molar-refractivity contribution in [1.29, 1.82) is 0 Å². The Bertz CT molecular complexity index is 783. The lowest BCUT2D eigenvalue weighted by atomic mass is 9.93. The molecule has 2 aromatic rings. The van der Waals surface area contributed by atoms with E-state index in [1.807, 2.05) is 23.0 Å². The number of hydrogen-bond donors (Lipinski definition) is 0. The number of pyridine rings is 1. The first-order valence-electron chi connectivity index (χ1n) is 8.39. The van der Waals surface area contributed by atoms with Crippen molar-refractivity contribution in [3.63, 3.8) is 0 Å². The standard InChI is InChI=1S/C17H24N4O2S/c1-3-21-17(8-9-19-21)16-7-6-14(12-18-16)11-15-5-4-10-20(13-15)24(2,22)23/h6-9,12,15H,3-5,10-11,13H2,1-2H3/t15-/m0/s1. The quantitative estimate of drug-likeness (QED) is 0.830. The number of aryl methyl sites for hydroxylation is 1. The lowest BCUT2D eigenvalue weighted by molar-refractivity contribution is 0.266. The molecule has 0 aliphatic carbocycles. The second-order valence-electron chi connectivity index (χ2n) is 6.42. The summed E-state index contributed by atoms with van der Waals surface area (Å²) >= 11 is 0. The average Bonchev–Trinajstić information content (AvgIpc) is 3.04. The van der Waals surface area contributed by atoms with E-state index >= 15 is 0 Å². The van der Waals surface area contributed by atoms with Crippen LogP contribution in [0.1, 0.15) is 25.3 Å². The first kappa shape index (κ1) is 17.1. The maximum absolute atomic E-state index is 11.7. The van der Waals surface area contributed by atoms with Crippen LogP contribution in [-0.2, 0) is 23.0 Å². The fourth-order valence-corrected chi connectivity index (χ4v) is 4.27. The molecule has 3 rings (SSSR count). The Balaban J connectivity index is 1.68. The molecule has 130 valence electrons. The third-order valence-electron chi connectivity index (χ3n) is 4.58. The number of rotatable bonds is 5. The zero-order chi connectivity index (χ0) is 17.2. The van der Waals surface area contributed by atoms with Gasteiger partial charge < -0.3 is 0 Å². The van der Waals surface area contributed by atoms with Gasteiger partial charge in [-0.1, -0.05) is 6.07 Å². The summed E-state index contributed by atoms with van der Waals surface area (Å²) in [5, 5.41) is 4.27. The Kier molecular flexibility index (Phi) is 5.01. The molecule has 1 aliphatic heterocycles. The van der Waals surface area contributed by atoms with Gasteiger partial charge in [0.05, 0.1) is 17.6 Å². The van der Waals surface area contributed by atoms with E-state index in [1.165, 1.54) is 6.26 Å². The monoisotopic (exact) mass is 348 g/mol. The summed E-state index contributed by atoms with van der Waals surface area (Å²) in [4.78, 5) is 4.57. The summed E-state index contributed by atoms with van der Waals surface area (Å²) in [6, 6.07) is 6.08. The van der Waals surface area contributed by atoms with E-state index in [0.717, 1.165) is 42.8 Å². The zero-order valence-electron chi connectivity index (χ0n) is 14.2. The van der Waals surface area contributed by atoms with Crippen molar-refractivity contribution in [2.75, 3.05) is 19.3 Å². The first-order valence-corrected chi connectivity index (χ1v) is 10.2. The van der Waals surface area contributed by atoms with Crippen LogP contribution < -0.4 is 0 Å². The molecule has 24 heavy (non-hydrogen) atoms. The van der Waals surface area contributed by atoms with Gasteiger partial charge in [-0.3, -0.25) is 9.67 Å². The number of nitrogens with zero attached hydrogens (tertiary/aromatic N) is 4. The Labute approximate surface area is 143 Å². The lowest BCUT2D eigenvalue weighted by Gasteiger charge is -2.30. The minimum atomic E-state index is -3.09. The predicted molar refractivity (Wildman–Crippen MR) is 94.0 cm³/mol. The van der Waals surface area contributed by atoms with E-state index in [2.05, 4.69) is 23.1 Å². The average molecular weight is 348 g/mol. The van der Waals surface area contributed by atoms with Crippen LogP contribution in [0.15, 0.2) is 30.6 Å². The van der Waals surface area contributed by atoms with E-state index in [1.54, 1.807) is 10.5 Å². The summed E-state index contributed by atoms with van der Waals surface area (Å²) in [5.41, 5.74) is 3.09. The van der Waals surface area contributed by atoms with Gasteiger partial charge in [-0.15, -0.1) is 0 Å². The summed E-state index contributed by atoms with van der Waals surface area (Å²) in [7, 11) is -3.09. The van der Waals surface area contributed by atoms with Crippen LogP contribution in [0.25, 0.3) is 11.4 Å². The van der Waals surface area contributed by atoms with Crippen LogP contribution in [0.2, 0.25) is 0 Å². The topological polar surface area (TPSA) is 68.1 Å². The van der Waals surface area contributed by atoms with Crippen LogP contribution in [0.4, 0.5) is 0 Å². The molecule has 0 saturated carbocycles. The highest BCUT2D eigenvalue weighted by Crippen LogP contribution is 2.23. The van der Waals surface area contributed by atoms with Crippen molar-refractivity contribution in [2.45, 2.75) is 32.7 Å².